The molecule has 0 N–H and O–H groups in total. The van der Waals surface area contributed by atoms with Gasteiger partial charge in [-0.05, 0) is 35.4 Å². The summed E-state index contributed by atoms with van der Waals surface area (Å²) in [6.45, 7) is 0. The van der Waals surface area contributed by atoms with Crippen LogP contribution < -0.4 is 0 Å². The lowest BCUT2D eigenvalue weighted by Gasteiger charge is -2.15. The number of rotatable bonds is 2. The molecule has 2 aliphatic rings. The van der Waals surface area contributed by atoms with Gasteiger partial charge >= 0.3 is 0 Å². The largest absolute Gasteiger partial charge is 0.495 e. The van der Waals surface area contributed by atoms with E-state index in [1.165, 1.54) is 12.8 Å². The Hall–Kier alpha value is 0.670. The molecule has 0 amide bonds. The number of alkyl halides is 1. The molecule has 0 aromatic rings. The van der Waals surface area contributed by atoms with E-state index in [0.717, 1.165) is 15.9 Å². The summed E-state index contributed by atoms with van der Waals surface area (Å²) in [5.74, 6) is 1.12. The minimum absolute atomic E-state index is 0.369. The van der Waals surface area contributed by atoms with E-state index in [0.29, 0.717) is 10.2 Å². The summed E-state index contributed by atoms with van der Waals surface area (Å²) in [6.07, 6.45) is 5.99. The van der Waals surface area contributed by atoms with Gasteiger partial charge in [-0.1, -0.05) is 22.6 Å². The number of ether oxygens (including phenoxy) is 1. The van der Waals surface area contributed by atoms with Crippen molar-refractivity contribution in [3.63, 3.8) is 0 Å². The second-order valence-electron chi connectivity index (χ2n) is 3.02. The minimum Gasteiger partial charge on any atom is -0.495 e. The summed E-state index contributed by atoms with van der Waals surface area (Å²) in [7, 11) is 0. The molecular formula is C8H9I2NO. The Morgan fingerprint density at radius 3 is 2.83 bits per heavy atom. The molecule has 0 radical (unpaired) electrons. The molecule has 2 nitrogen and oxygen atoms in total. The van der Waals surface area contributed by atoms with Gasteiger partial charge in [0.25, 0.3) is 0 Å². The lowest BCUT2D eigenvalue weighted by Crippen LogP contribution is -2.08. The van der Waals surface area contributed by atoms with E-state index in [1.54, 1.807) is 0 Å². The van der Waals surface area contributed by atoms with E-state index in [2.05, 4.69) is 50.2 Å². The zero-order chi connectivity index (χ0) is 8.55. The number of hydrogen-bond acceptors (Lipinski definition) is 2. The first-order valence-electron chi connectivity index (χ1n) is 3.98. The molecule has 12 heavy (non-hydrogen) atoms. The van der Waals surface area contributed by atoms with Crippen LogP contribution in [0.25, 0.3) is 0 Å². The van der Waals surface area contributed by atoms with Crippen LogP contribution in [0.2, 0.25) is 0 Å². The lowest BCUT2D eigenvalue weighted by atomic mass is 10.3. The van der Waals surface area contributed by atoms with Crippen LogP contribution in [0.15, 0.2) is 16.8 Å². The zero-order valence-electron chi connectivity index (χ0n) is 6.46. The quantitative estimate of drug-likeness (QED) is 0.405. The van der Waals surface area contributed by atoms with E-state index in [4.69, 9.17) is 4.74 Å². The Morgan fingerprint density at radius 1 is 1.50 bits per heavy atom. The van der Waals surface area contributed by atoms with Gasteiger partial charge in [-0.2, -0.15) is 0 Å². The van der Waals surface area contributed by atoms with Crippen LogP contribution in [-0.2, 0) is 4.74 Å². The van der Waals surface area contributed by atoms with Crippen molar-refractivity contribution in [2.75, 3.05) is 0 Å². The van der Waals surface area contributed by atoms with E-state index in [1.807, 2.05) is 6.08 Å². The summed E-state index contributed by atoms with van der Waals surface area (Å²) in [5.41, 5.74) is 0. The third-order valence-electron chi connectivity index (χ3n) is 1.76. The Morgan fingerprint density at radius 2 is 2.25 bits per heavy atom. The minimum atomic E-state index is 0.369. The topological polar surface area (TPSA) is 21.6 Å². The fraction of sp³-hybridized carbons (Fsp3) is 0.625. The van der Waals surface area contributed by atoms with Gasteiger partial charge in [0.15, 0.2) is 0 Å². The normalized spacial score (nSPS) is 29.3. The second-order valence-corrected chi connectivity index (χ2v) is 5.56. The van der Waals surface area contributed by atoms with Crippen molar-refractivity contribution in [1.82, 2.24) is 0 Å². The number of halogens is 2. The lowest BCUT2D eigenvalue weighted by molar-refractivity contribution is 0.187. The molecular weight excluding hydrogens is 380 g/mol. The van der Waals surface area contributed by atoms with Crippen molar-refractivity contribution >= 4 is 48.9 Å². The van der Waals surface area contributed by atoms with Crippen LogP contribution in [0, 0.1) is 0 Å². The van der Waals surface area contributed by atoms with E-state index >= 15 is 0 Å². The van der Waals surface area contributed by atoms with Gasteiger partial charge in [0, 0.05) is 12.5 Å². The molecule has 1 aliphatic heterocycles. The van der Waals surface area contributed by atoms with Crippen LogP contribution in [-0.4, -0.2) is 13.9 Å². The fourth-order valence-electron chi connectivity index (χ4n) is 1.06. The van der Waals surface area contributed by atoms with E-state index in [9.17, 15) is 0 Å². The average molecular weight is 389 g/mol. The maximum absolute atomic E-state index is 5.71. The molecule has 1 heterocycles. The smallest absolute Gasteiger partial charge is 0.109 e. The van der Waals surface area contributed by atoms with Crippen molar-refractivity contribution in [2.45, 2.75) is 29.4 Å². The maximum Gasteiger partial charge on any atom is 0.109 e. The van der Waals surface area contributed by atoms with Gasteiger partial charge in [-0.15, -0.1) is 0 Å². The third kappa shape index (κ3) is 2.58. The summed E-state index contributed by atoms with van der Waals surface area (Å²) in [6, 6.07) is 0. The van der Waals surface area contributed by atoms with Crippen LogP contribution in [0.3, 0.4) is 0 Å². The van der Waals surface area contributed by atoms with Gasteiger partial charge in [0.05, 0.1) is 9.82 Å². The second kappa shape index (κ2) is 3.81. The highest BCUT2D eigenvalue weighted by atomic mass is 127. The van der Waals surface area contributed by atoms with Crippen LogP contribution in [0.1, 0.15) is 19.3 Å². The number of dihydropyridines is 1. The van der Waals surface area contributed by atoms with E-state index in [-0.39, 0.29) is 0 Å². The summed E-state index contributed by atoms with van der Waals surface area (Å²) >= 11 is 4.58. The summed E-state index contributed by atoms with van der Waals surface area (Å²) < 4.78 is 7.15. The first-order valence-corrected chi connectivity index (χ1v) is 6.31. The fourth-order valence-corrected chi connectivity index (χ4v) is 3.01. The molecule has 1 atom stereocenters. The first kappa shape index (κ1) is 9.23. The maximum atomic E-state index is 5.71. The van der Waals surface area contributed by atoms with Crippen LogP contribution in [0.5, 0.6) is 0 Å². The molecule has 0 aromatic heterocycles. The van der Waals surface area contributed by atoms with Gasteiger partial charge in [0.2, 0.25) is 0 Å². The van der Waals surface area contributed by atoms with Crippen molar-refractivity contribution in [2.24, 2.45) is 4.99 Å². The molecule has 0 bridgehead atoms. The van der Waals surface area contributed by atoms with Gasteiger partial charge in [0.1, 0.15) is 9.81 Å². The SMILES string of the molecule is IC1=NC(I)CC(OC2CC2)=C1. The Bertz CT molecular complexity index is 245. The van der Waals surface area contributed by atoms with Gasteiger partial charge < -0.3 is 4.74 Å². The highest BCUT2D eigenvalue weighted by molar-refractivity contribution is 14.1. The highest BCUT2D eigenvalue weighted by Gasteiger charge is 2.26. The van der Waals surface area contributed by atoms with Gasteiger partial charge in [-0.3, -0.25) is 4.99 Å². The molecule has 1 unspecified atom stereocenters. The molecule has 2 rings (SSSR count). The van der Waals surface area contributed by atoms with Crippen molar-refractivity contribution < 1.29 is 4.74 Å². The van der Waals surface area contributed by atoms with Gasteiger partial charge in [-0.25, -0.2) is 0 Å². The predicted octanol–water partition coefficient (Wildman–Crippen LogP) is 3.05. The van der Waals surface area contributed by atoms with Crippen LogP contribution >= 0.6 is 45.2 Å². The Labute approximate surface area is 99.1 Å². The zero-order valence-corrected chi connectivity index (χ0v) is 10.8. The number of aliphatic imine (C=N–C) groups is 1. The Balaban J connectivity index is 1.99. The number of hydrogen-bond donors (Lipinski definition) is 0. The number of allylic oxidation sites excluding steroid dienone is 1. The highest BCUT2D eigenvalue weighted by Crippen LogP contribution is 2.30. The van der Waals surface area contributed by atoms with Crippen molar-refractivity contribution in [1.29, 1.82) is 0 Å². The predicted molar refractivity (Wildman–Crippen MR) is 66.1 cm³/mol. The third-order valence-corrected chi connectivity index (χ3v) is 3.06. The van der Waals surface area contributed by atoms with Crippen molar-refractivity contribution in [3.8, 4) is 0 Å². The molecule has 4 heteroatoms. The summed E-state index contributed by atoms with van der Waals surface area (Å²) in [4.78, 5) is 4.39. The molecule has 1 aliphatic carbocycles. The Kier molecular flexibility index (Phi) is 2.93. The van der Waals surface area contributed by atoms with Crippen LogP contribution in [0.4, 0.5) is 0 Å². The molecule has 1 saturated carbocycles. The molecule has 0 aromatic carbocycles. The molecule has 0 saturated heterocycles. The first-order chi connectivity index (χ1) is 5.74. The monoisotopic (exact) mass is 389 g/mol. The summed E-state index contributed by atoms with van der Waals surface area (Å²) in [5, 5.41) is 0. The molecule has 0 spiro atoms. The number of nitrogens with zero attached hydrogens (tertiary/aromatic N) is 1. The van der Waals surface area contributed by atoms with Crippen molar-refractivity contribution in [3.05, 3.63) is 11.8 Å². The standard InChI is InChI=1S/C8H9I2NO/c9-7-3-6(4-8(10)11-7)12-5-1-2-5/h3,5,8H,1-2,4H2. The molecule has 66 valence electrons. The van der Waals surface area contributed by atoms with E-state index < -0.39 is 0 Å². The molecule has 1 fully saturated rings. The average Bonchev–Trinajstić information content (AvgIpc) is 2.68.